The summed E-state index contributed by atoms with van der Waals surface area (Å²) in [6.45, 7) is 12.2. The van der Waals surface area contributed by atoms with Gasteiger partial charge in [-0.1, -0.05) is 25.1 Å². The Labute approximate surface area is 209 Å². The second kappa shape index (κ2) is 11.7. The molecule has 188 valence electrons. The topological polar surface area (TPSA) is 61.9 Å². The largest absolute Gasteiger partial charge is 0.493 e. The molecule has 0 aromatic heterocycles. The van der Waals surface area contributed by atoms with Gasteiger partial charge in [0, 0.05) is 36.7 Å². The molecule has 35 heavy (non-hydrogen) atoms. The summed E-state index contributed by atoms with van der Waals surface area (Å²) in [5, 5.41) is 2.87. The van der Waals surface area contributed by atoms with Gasteiger partial charge < -0.3 is 19.9 Å². The molecule has 2 aromatic rings. The van der Waals surface area contributed by atoms with Crippen LogP contribution < -0.4 is 10.1 Å². The molecule has 2 amide bonds. The van der Waals surface area contributed by atoms with Crippen LogP contribution in [0.25, 0.3) is 0 Å². The maximum absolute atomic E-state index is 12.8. The molecule has 1 N–H and O–H groups in total. The number of carbonyl (C=O) groups is 2. The standard InChI is InChI=1S/C29H39N3O3/c1-4-15-31-16-13-24(20-35-25-12-11-23-19-30-28(33)27(23)18-25)26(14-17-31)21-7-9-22(10-8-21)29(34)32(5-2)6-3/h7-12,18,24,26H,4-6,13-17,19-20H2,1-3H3,(H,30,33). The molecule has 2 heterocycles. The Morgan fingerprint density at radius 2 is 1.80 bits per heavy atom. The van der Waals surface area contributed by atoms with Crippen LogP contribution in [0, 0.1) is 5.92 Å². The van der Waals surface area contributed by atoms with Crippen molar-refractivity contribution in [3.8, 4) is 5.75 Å². The second-order valence-corrected chi connectivity index (χ2v) is 9.70. The lowest BCUT2D eigenvalue weighted by Gasteiger charge is -2.26. The first-order valence-corrected chi connectivity index (χ1v) is 13.2. The van der Waals surface area contributed by atoms with Gasteiger partial charge in [-0.2, -0.15) is 0 Å². The molecule has 6 nitrogen and oxygen atoms in total. The van der Waals surface area contributed by atoms with Gasteiger partial charge in [-0.05, 0) is 94.1 Å². The molecule has 2 aliphatic heterocycles. The van der Waals surface area contributed by atoms with Crippen molar-refractivity contribution in [3.05, 3.63) is 64.7 Å². The maximum Gasteiger partial charge on any atom is 0.253 e. The van der Waals surface area contributed by atoms with Gasteiger partial charge >= 0.3 is 0 Å². The summed E-state index contributed by atoms with van der Waals surface area (Å²) < 4.78 is 6.28. The molecule has 0 saturated carbocycles. The van der Waals surface area contributed by atoms with Crippen LogP contribution in [-0.2, 0) is 6.54 Å². The number of likely N-dealkylation sites (tertiary alicyclic amines) is 1. The number of ether oxygens (including phenoxy) is 1. The monoisotopic (exact) mass is 477 g/mol. The maximum atomic E-state index is 12.8. The highest BCUT2D eigenvalue weighted by Crippen LogP contribution is 2.35. The fourth-order valence-electron chi connectivity index (χ4n) is 5.45. The SMILES string of the molecule is CCCN1CCC(COc2ccc3c(c2)C(=O)NC3)C(c2ccc(C(=O)N(CC)CC)cc2)CC1. The van der Waals surface area contributed by atoms with E-state index in [2.05, 4.69) is 29.3 Å². The minimum Gasteiger partial charge on any atom is -0.493 e. The summed E-state index contributed by atoms with van der Waals surface area (Å²) in [7, 11) is 0. The molecule has 2 atom stereocenters. The average molecular weight is 478 g/mol. The van der Waals surface area contributed by atoms with Gasteiger partial charge in [0.1, 0.15) is 5.75 Å². The molecule has 1 fully saturated rings. The first-order chi connectivity index (χ1) is 17.0. The number of nitrogens with zero attached hydrogens (tertiary/aromatic N) is 2. The van der Waals surface area contributed by atoms with E-state index in [-0.39, 0.29) is 11.8 Å². The van der Waals surface area contributed by atoms with E-state index in [0.29, 0.717) is 25.0 Å². The average Bonchev–Trinajstić information content (AvgIpc) is 3.13. The number of amides is 2. The Balaban J connectivity index is 1.50. The van der Waals surface area contributed by atoms with Gasteiger partial charge in [0.2, 0.25) is 0 Å². The van der Waals surface area contributed by atoms with Crippen molar-refractivity contribution in [3.63, 3.8) is 0 Å². The number of benzene rings is 2. The number of hydrogen-bond donors (Lipinski definition) is 1. The minimum atomic E-state index is -0.0210. The highest BCUT2D eigenvalue weighted by molar-refractivity contribution is 5.98. The molecule has 0 aliphatic carbocycles. The van der Waals surface area contributed by atoms with E-state index in [4.69, 9.17) is 4.74 Å². The summed E-state index contributed by atoms with van der Waals surface area (Å²) in [5.74, 6) is 1.56. The van der Waals surface area contributed by atoms with E-state index < -0.39 is 0 Å². The number of rotatable bonds is 9. The van der Waals surface area contributed by atoms with Gasteiger partial charge in [0.05, 0.1) is 6.61 Å². The third-order valence-corrected chi connectivity index (χ3v) is 7.55. The second-order valence-electron chi connectivity index (χ2n) is 9.70. The van der Waals surface area contributed by atoms with E-state index in [1.807, 2.05) is 49.1 Å². The third kappa shape index (κ3) is 5.87. The van der Waals surface area contributed by atoms with E-state index in [9.17, 15) is 9.59 Å². The number of nitrogens with one attached hydrogen (secondary N) is 1. The van der Waals surface area contributed by atoms with E-state index in [1.165, 1.54) is 5.56 Å². The van der Waals surface area contributed by atoms with Crippen molar-refractivity contribution in [2.24, 2.45) is 5.92 Å². The lowest BCUT2D eigenvalue weighted by Crippen LogP contribution is -2.30. The molecule has 0 radical (unpaired) electrons. The Morgan fingerprint density at radius 1 is 1.06 bits per heavy atom. The number of carbonyl (C=O) groups excluding carboxylic acids is 2. The van der Waals surface area contributed by atoms with E-state index in [1.54, 1.807) is 0 Å². The fourth-order valence-corrected chi connectivity index (χ4v) is 5.45. The molecular formula is C29H39N3O3. The van der Waals surface area contributed by atoms with Crippen molar-refractivity contribution in [1.29, 1.82) is 0 Å². The zero-order valence-corrected chi connectivity index (χ0v) is 21.4. The zero-order chi connectivity index (χ0) is 24.8. The van der Waals surface area contributed by atoms with Crippen LogP contribution in [-0.4, -0.2) is 60.9 Å². The zero-order valence-electron chi connectivity index (χ0n) is 21.4. The first-order valence-electron chi connectivity index (χ1n) is 13.2. The van der Waals surface area contributed by atoms with Crippen LogP contribution in [0.2, 0.25) is 0 Å². The lowest BCUT2D eigenvalue weighted by molar-refractivity contribution is 0.0772. The fraction of sp³-hybridized carbons (Fsp3) is 0.517. The van der Waals surface area contributed by atoms with Crippen LogP contribution in [0.4, 0.5) is 0 Å². The highest BCUT2D eigenvalue weighted by Gasteiger charge is 2.29. The van der Waals surface area contributed by atoms with Crippen molar-refractivity contribution >= 4 is 11.8 Å². The molecule has 6 heteroatoms. The van der Waals surface area contributed by atoms with Crippen molar-refractivity contribution < 1.29 is 14.3 Å². The van der Waals surface area contributed by atoms with Crippen molar-refractivity contribution in [2.75, 3.05) is 39.3 Å². The molecule has 2 aliphatic rings. The van der Waals surface area contributed by atoms with Gasteiger partial charge in [0.15, 0.2) is 0 Å². The summed E-state index contributed by atoms with van der Waals surface area (Å²) in [4.78, 5) is 29.2. The van der Waals surface area contributed by atoms with Crippen molar-refractivity contribution in [2.45, 2.75) is 52.5 Å². The van der Waals surface area contributed by atoms with Gasteiger partial charge in [-0.3, -0.25) is 9.59 Å². The number of fused-ring (bicyclic) bond motifs is 1. The Kier molecular flexibility index (Phi) is 8.45. The summed E-state index contributed by atoms with van der Waals surface area (Å²) in [6.07, 6.45) is 3.30. The van der Waals surface area contributed by atoms with E-state index >= 15 is 0 Å². The van der Waals surface area contributed by atoms with Crippen LogP contribution in [0.1, 0.15) is 77.8 Å². The summed E-state index contributed by atoms with van der Waals surface area (Å²) >= 11 is 0. The summed E-state index contributed by atoms with van der Waals surface area (Å²) in [5.41, 5.74) is 3.79. The minimum absolute atomic E-state index is 0.0210. The lowest BCUT2D eigenvalue weighted by atomic mass is 9.82. The normalized spacial score (nSPS) is 20.1. The Morgan fingerprint density at radius 3 is 2.51 bits per heavy atom. The smallest absolute Gasteiger partial charge is 0.253 e. The molecule has 0 spiro atoms. The highest BCUT2D eigenvalue weighted by atomic mass is 16.5. The molecule has 4 rings (SSSR count). The molecule has 0 bridgehead atoms. The van der Waals surface area contributed by atoms with Crippen LogP contribution in [0.5, 0.6) is 5.75 Å². The predicted molar refractivity (Wildman–Crippen MR) is 139 cm³/mol. The molecule has 2 aromatic carbocycles. The van der Waals surface area contributed by atoms with Gasteiger partial charge in [-0.25, -0.2) is 0 Å². The summed E-state index contributed by atoms with van der Waals surface area (Å²) in [6, 6.07) is 14.1. The number of hydrogen-bond acceptors (Lipinski definition) is 4. The predicted octanol–water partition coefficient (Wildman–Crippen LogP) is 4.70. The molecule has 1 saturated heterocycles. The van der Waals surface area contributed by atoms with E-state index in [0.717, 1.165) is 74.4 Å². The Bertz CT molecular complexity index is 1020. The van der Waals surface area contributed by atoms with Crippen LogP contribution in [0.3, 0.4) is 0 Å². The van der Waals surface area contributed by atoms with Crippen molar-refractivity contribution in [1.82, 2.24) is 15.1 Å². The quantitative estimate of drug-likeness (QED) is 0.569. The van der Waals surface area contributed by atoms with Crippen LogP contribution >= 0.6 is 0 Å². The Hall–Kier alpha value is -2.86. The first kappa shape index (κ1) is 25.2. The molecule has 2 unspecified atom stereocenters. The van der Waals surface area contributed by atoms with Gasteiger partial charge in [0.25, 0.3) is 11.8 Å². The third-order valence-electron chi connectivity index (χ3n) is 7.55. The van der Waals surface area contributed by atoms with Gasteiger partial charge in [-0.15, -0.1) is 0 Å². The molecular weight excluding hydrogens is 438 g/mol. The van der Waals surface area contributed by atoms with Crippen LogP contribution in [0.15, 0.2) is 42.5 Å².